The van der Waals surface area contributed by atoms with E-state index in [0.717, 1.165) is 32.0 Å². The molecule has 6 nitrogen and oxygen atoms in total. The van der Waals surface area contributed by atoms with E-state index < -0.39 is 17.9 Å². The van der Waals surface area contributed by atoms with Gasteiger partial charge in [-0.25, -0.2) is 0 Å². The Balaban J connectivity index is 2.03. The molecule has 0 aromatic carbocycles. The van der Waals surface area contributed by atoms with E-state index in [0.29, 0.717) is 38.9 Å². The van der Waals surface area contributed by atoms with Gasteiger partial charge in [0.15, 0.2) is 5.79 Å². The van der Waals surface area contributed by atoms with Crippen LogP contribution in [0.25, 0.3) is 0 Å². The van der Waals surface area contributed by atoms with E-state index in [1.54, 1.807) is 0 Å². The van der Waals surface area contributed by atoms with Gasteiger partial charge in [0.1, 0.15) is 6.29 Å². The molecule has 2 fully saturated rings. The van der Waals surface area contributed by atoms with Crippen molar-refractivity contribution in [3.63, 3.8) is 0 Å². The number of unbranched alkanes of at least 4 members (excludes halogenated alkanes) is 3. The minimum Gasteiger partial charge on any atom is -0.481 e. The summed E-state index contributed by atoms with van der Waals surface area (Å²) in [6.45, 7) is 3.19. The Hall–Kier alpha value is -1.50. The summed E-state index contributed by atoms with van der Waals surface area (Å²) >= 11 is 0. The number of carboxylic acid groups (broad SMARTS) is 1. The van der Waals surface area contributed by atoms with E-state index in [2.05, 4.69) is 6.92 Å². The minimum atomic E-state index is -0.780. The predicted octanol–water partition coefficient (Wildman–Crippen LogP) is 3.88. The molecular weight excluding hydrogens is 372 g/mol. The van der Waals surface area contributed by atoms with Gasteiger partial charge >= 0.3 is 5.97 Å². The lowest BCUT2D eigenvalue weighted by Crippen LogP contribution is -2.36. The lowest BCUT2D eigenvalue weighted by molar-refractivity contribution is -0.184. The van der Waals surface area contributed by atoms with E-state index in [9.17, 15) is 14.7 Å². The molecule has 4 unspecified atom stereocenters. The van der Waals surface area contributed by atoms with Gasteiger partial charge in [0.05, 0.1) is 19.3 Å². The highest BCUT2D eigenvalue weighted by Gasteiger charge is 2.55. The molecule has 2 rings (SSSR count). The van der Waals surface area contributed by atoms with Crippen LogP contribution in [0.5, 0.6) is 0 Å². The summed E-state index contributed by atoms with van der Waals surface area (Å²) in [6.07, 6.45) is 15.0. The molecule has 6 heteroatoms. The molecule has 1 saturated carbocycles. The molecule has 164 valence electrons. The third-order valence-corrected chi connectivity index (χ3v) is 5.97. The maximum Gasteiger partial charge on any atom is 0.303 e. The van der Waals surface area contributed by atoms with Crippen LogP contribution in [0, 0.1) is 17.8 Å². The zero-order valence-corrected chi connectivity index (χ0v) is 17.5. The van der Waals surface area contributed by atoms with Crippen LogP contribution in [0.1, 0.15) is 64.7 Å². The van der Waals surface area contributed by atoms with Gasteiger partial charge in [0.2, 0.25) is 0 Å². The van der Waals surface area contributed by atoms with Crippen molar-refractivity contribution in [3.05, 3.63) is 24.3 Å². The minimum absolute atomic E-state index is 0.00462. The number of aliphatic hydroxyl groups excluding tert-OH is 1. The smallest absolute Gasteiger partial charge is 0.303 e. The average Bonchev–Trinajstić information content (AvgIpc) is 3.28. The summed E-state index contributed by atoms with van der Waals surface area (Å²) in [4.78, 5) is 22.4. The summed E-state index contributed by atoms with van der Waals surface area (Å²) < 4.78 is 12.0. The van der Waals surface area contributed by atoms with E-state index in [1.807, 2.05) is 24.3 Å². The fourth-order valence-electron chi connectivity index (χ4n) is 4.45. The summed E-state index contributed by atoms with van der Waals surface area (Å²) in [7, 11) is 0. The highest BCUT2D eigenvalue weighted by Crippen LogP contribution is 2.50. The summed E-state index contributed by atoms with van der Waals surface area (Å²) in [5.74, 6) is -1.76. The molecule has 2 aliphatic rings. The maximum absolute atomic E-state index is 11.8. The van der Waals surface area contributed by atoms with Crippen molar-refractivity contribution in [1.29, 1.82) is 0 Å². The van der Waals surface area contributed by atoms with Gasteiger partial charge in [-0.05, 0) is 31.6 Å². The first kappa shape index (κ1) is 23.8. The number of aldehydes is 1. The van der Waals surface area contributed by atoms with Crippen LogP contribution in [0.3, 0.4) is 0 Å². The van der Waals surface area contributed by atoms with Crippen LogP contribution in [0.15, 0.2) is 24.3 Å². The molecule has 1 aliphatic heterocycles. The SMILES string of the molecule is CCCCCC(O)/C=C/C1C(C=O)CC2(OCCO2)C1C/C=C/CCCC(=O)O. The number of aliphatic carboxylic acids is 1. The maximum atomic E-state index is 11.8. The van der Waals surface area contributed by atoms with Gasteiger partial charge < -0.3 is 24.5 Å². The Bertz CT molecular complexity index is 564. The number of hydrogen-bond acceptors (Lipinski definition) is 5. The zero-order chi connectivity index (χ0) is 21.1. The first-order valence-electron chi connectivity index (χ1n) is 11.0. The largest absolute Gasteiger partial charge is 0.481 e. The van der Waals surface area contributed by atoms with Crippen molar-refractivity contribution in [3.8, 4) is 0 Å². The Morgan fingerprint density at radius 1 is 1.21 bits per heavy atom. The first-order chi connectivity index (χ1) is 14.0. The standard InChI is InChI=1S/C23H36O6/c1-2-3-6-9-19(25)12-13-20-18(17-24)16-23(28-14-15-29-23)21(20)10-7-4-5-8-11-22(26)27/h4,7,12-13,17-21,25H,2-3,5-6,8-11,14-16H2,1H3,(H,26,27)/b7-4+,13-12+. The molecule has 0 amide bonds. The number of allylic oxidation sites excluding steroid dienone is 3. The van der Waals surface area contributed by atoms with Crippen molar-refractivity contribution in [2.24, 2.45) is 17.8 Å². The molecule has 2 N–H and O–H groups in total. The van der Waals surface area contributed by atoms with Crippen molar-refractivity contribution in [1.82, 2.24) is 0 Å². The van der Waals surface area contributed by atoms with Crippen LogP contribution in [-0.2, 0) is 19.1 Å². The topological polar surface area (TPSA) is 93.1 Å². The van der Waals surface area contributed by atoms with Gasteiger partial charge in [0, 0.05) is 24.7 Å². The molecule has 0 bridgehead atoms. The monoisotopic (exact) mass is 408 g/mol. The molecule has 1 spiro atoms. The highest BCUT2D eigenvalue weighted by atomic mass is 16.7. The number of ether oxygens (including phenoxy) is 2. The van der Waals surface area contributed by atoms with Crippen LogP contribution in [0.2, 0.25) is 0 Å². The number of hydrogen-bond donors (Lipinski definition) is 2. The van der Waals surface area contributed by atoms with Crippen molar-refractivity contribution in [2.75, 3.05) is 13.2 Å². The second-order valence-corrected chi connectivity index (χ2v) is 8.14. The van der Waals surface area contributed by atoms with E-state index >= 15 is 0 Å². The molecule has 1 saturated heterocycles. The van der Waals surface area contributed by atoms with E-state index in [-0.39, 0.29) is 24.2 Å². The number of carboxylic acids is 1. The predicted molar refractivity (Wildman–Crippen MR) is 110 cm³/mol. The van der Waals surface area contributed by atoms with Crippen LogP contribution in [-0.4, -0.2) is 47.6 Å². The second-order valence-electron chi connectivity index (χ2n) is 8.14. The third kappa shape index (κ3) is 7.05. The van der Waals surface area contributed by atoms with Gasteiger partial charge in [-0.1, -0.05) is 50.5 Å². The van der Waals surface area contributed by atoms with Gasteiger partial charge in [-0.2, -0.15) is 0 Å². The number of rotatable bonds is 13. The number of carbonyl (C=O) groups excluding carboxylic acids is 1. The Labute approximate surface area is 174 Å². The molecule has 1 aliphatic carbocycles. The first-order valence-corrected chi connectivity index (χ1v) is 11.0. The van der Waals surface area contributed by atoms with Gasteiger partial charge in [0.25, 0.3) is 0 Å². The fraction of sp³-hybridized carbons (Fsp3) is 0.739. The normalized spacial score (nSPS) is 27.3. The van der Waals surface area contributed by atoms with Crippen LogP contribution in [0.4, 0.5) is 0 Å². The molecule has 0 aromatic rings. The molecular formula is C23H36O6. The van der Waals surface area contributed by atoms with Gasteiger partial charge in [-0.3, -0.25) is 4.79 Å². The molecule has 1 heterocycles. The third-order valence-electron chi connectivity index (χ3n) is 5.97. The van der Waals surface area contributed by atoms with Gasteiger partial charge in [-0.15, -0.1) is 0 Å². The van der Waals surface area contributed by atoms with Crippen molar-refractivity contribution >= 4 is 12.3 Å². The molecule has 29 heavy (non-hydrogen) atoms. The average molecular weight is 409 g/mol. The van der Waals surface area contributed by atoms with Crippen LogP contribution >= 0.6 is 0 Å². The summed E-state index contributed by atoms with van der Waals surface area (Å²) in [6, 6.07) is 0. The molecule has 4 atom stereocenters. The number of aliphatic hydroxyl groups is 1. The lowest BCUT2D eigenvalue weighted by atomic mass is 9.85. The van der Waals surface area contributed by atoms with Crippen LogP contribution < -0.4 is 0 Å². The molecule has 0 aromatic heterocycles. The summed E-state index contributed by atoms with van der Waals surface area (Å²) in [5.41, 5.74) is 0. The van der Waals surface area contributed by atoms with E-state index in [4.69, 9.17) is 14.6 Å². The zero-order valence-electron chi connectivity index (χ0n) is 17.5. The quantitative estimate of drug-likeness (QED) is 0.273. The Morgan fingerprint density at radius 2 is 1.97 bits per heavy atom. The second kappa shape index (κ2) is 12.3. The molecule has 0 radical (unpaired) electrons. The number of carbonyl (C=O) groups is 2. The van der Waals surface area contributed by atoms with Crippen molar-refractivity contribution < 1.29 is 29.3 Å². The Kier molecular flexibility index (Phi) is 10.0. The fourth-order valence-corrected chi connectivity index (χ4v) is 4.45. The summed E-state index contributed by atoms with van der Waals surface area (Å²) in [5, 5.41) is 19.0. The highest BCUT2D eigenvalue weighted by molar-refractivity contribution is 5.66. The Morgan fingerprint density at radius 3 is 2.62 bits per heavy atom. The lowest BCUT2D eigenvalue weighted by Gasteiger charge is -2.30. The van der Waals surface area contributed by atoms with Crippen molar-refractivity contribution in [2.45, 2.75) is 76.6 Å². The van der Waals surface area contributed by atoms with E-state index in [1.165, 1.54) is 0 Å².